The molecule has 0 fully saturated rings. The number of benzene rings is 1. The number of hydrogen-bond acceptors (Lipinski definition) is 7. The van der Waals surface area contributed by atoms with Gasteiger partial charge in [0.25, 0.3) is 0 Å². The zero-order valence-corrected chi connectivity index (χ0v) is 55.1. The quantitative estimate of drug-likeness (QED) is 0.0594. The van der Waals surface area contributed by atoms with Crippen LogP contribution in [0.1, 0.15) is 248 Å². The van der Waals surface area contributed by atoms with Gasteiger partial charge < -0.3 is 19.3 Å². The molecule has 0 saturated carbocycles. The first-order chi connectivity index (χ1) is 34.3. The molecule has 0 aromatic heterocycles. The van der Waals surface area contributed by atoms with Gasteiger partial charge in [-0.05, 0) is 148 Å². The summed E-state index contributed by atoms with van der Waals surface area (Å²) >= 11 is 0. The van der Waals surface area contributed by atoms with Crippen molar-refractivity contribution in [2.24, 2.45) is 33.5 Å². The van der Waals surface area contributed by atoms with Crippen LogP contribution in [0.2, 0.25) is 25.7 Å². The van der Waals surface area contributed by atoms with Crippen molar-refractivity contribution < 1.29 is 64.8 Å². The minimum atomic E-state index is -4.58. The third-order valence-electron chi connectivity index (χ3n) is 14.3. The first-order valence-corrected chi connectivity index (χ1v) is 32.1. The monoisotopic (exact) mass is 1130 g/mol. The predicted octanol–water partition coefficient (Wildman–Crippen LogP) is 20.0. The Bertz CT molecular complexity index is 1780. The van der Waals surface area contributed by atoms with Crippen LogP contribution in [0.3, 0.4) is 0 Å². The van der Waals surface area contributed by atoms with Crippen LogP contribution >= 0.6 is 0 Å². The van der Waals surface area contributed by atoms with Gasteiger partial charge in [0.05, 0.1) is 22.9 Å². The number of ether oxygens (including phenoxy) is 3. The largest absolute Gasteiger partial charge is 0.481 e. The first-order valence-electron chi connectivity index (χ1n) is 28.3. The molecule has 8 nitrogen and oxygen atoms in total. The van der Waals surface area contributed by atoms with E-state index in [9.17, 15) is 45.5 Å². The molecule has 1 aromatic rings. The molecule has 77 heavy (non-hydrogen) atoms. The molecular formula is C62H116F6O8Si. The van der Waals surface area contributed by atoms with E-state index >= 15 is 0 Å². The number of aliphatic carboxylic acids is 1. The molecule has 1 aromatic carbocycles. The van der Waals surface area contributed by atoms with Crippen LogP contribution < -0.4 is 0 Å². The van der Waals surface area contributed by atoms with E-state index in [0.29, 0.717) is 30.8 Å². The van der Waals surface area contributed by atoms with Crippen LogP contribution in [-0.2, 0) is 44.2 Å². The number of carbonyl (C=O) groups is 4. The Morgan fingerprint density at radius 1 is 0.571 bits per heavy atom. The van der Waals surface area contributed by atoms with Crippen molar-refractivity contribution in [3.63, 3.8) is 0 Å². The number of carboxylic acids is 1. The van der Waals surface area contributed by atoms with Gasteiger partial charge in [-0.25, -0.2) is 0 Å². The van der Waals surface area contributed by atoms with Gasteiger partial charge in [-0.2, -0.15) is 26.3 Å². The number of hydrogen-bond donors (Lipinski definition) is 1. The second-order valence-electron chi connectivity index (χ2n) is 26.6. The fourth-order valence-electron chi connectivity index (χ4n) is 5.78. The summed E-state index contributed by atoms with van der Waals surface area (Å²) in [6.45, 7) is 54.2. The minimum absolute atomic E-state index is 0.0510. The van der Waals surface area contributed by atoms with Gasteiger partial charge in [0.1, 0.15) is 5.60 Å². The summed E-state index contributed by atoms with van der Waals surface area (Å²) in [5.74, 6) is -1.31. The highest BCUT2D eigenvalue weighted by Gasteiger charge is 2.57. The molecule has 1 rings (SSSR count). The summed E-state index contributed by atoms with van der Waals surface area (Å²) in [5, 5.41) is 8.44. The van der Waals surface area contributed by atoms with Crippen molar-refractivity contribution >= 4 is 32.0 Å². The average Bonchev–Trinajstić information content (AvgIpc) is 3.30. The fourth-order valence-corrected chi connectivity index (χ4v) is 8.16. The molecule has 0 aliphatic rings. The summed E-state index contributed by atoms with van der Waals surface area (Å²) in [5.41, 5.74) is -1.64. The van der Waals surface area contributed by atoms with Gasteiger partial charge in [-0.15, -0.1) is 0 Å². The molecule has 0 spiro atoms. The van der Waals surface area contributed by atoms with Crippen LogP contribution in [-0.4, -0.2) is 67.7 Å². The van der Waals surface area contributed by atoms with Crippen molar-refractivity contribution in [1.82, 2.24) is 0 Å². The van der Waals surface area contributed by atoms with E-state index in [1.807, 2.05) is 27.7 Å². The van der Waals surface area contributed by atoms with Crippen LogP contribution in [0.5, 0.6) is 0 Å². The molecule has 0 saturated heterocycles. The lowest BCUT2D eigenvalue weighted by Gasteiger charge is -2.32. The Morgan fingerprint density at radius 3 is 1.25 bits per heavy atom. The maximum absolute atomic E-state index is 12.6. The number of unbranched alkanes of at least 4 members (excludes halogenated alkanes) is 1. The van der Waals surface area contributed by atoms with Crippen molar-refractivity contribution in [2.75, 3.05) is 6.61 Å². The lowest BCUT2D eigenvalue weighted by atomic mass is 9.80. The molecule has 4 unspecified atom stereocenters. The SMILES string of the molecule is CCC(C)(C(=O)OC(C)(C)C)C(F)(F)F.CCC(C)(C)C(=O)O.CCC(C)(C)C(=O)OC(C)C(F)(F)F.CCC(C)(C)c1ccc(C(C)(C)C)cc1.CCC(C)C[Si](C)(C)C.CCCCC(CC)COC(=O)C(C)(C)CC. The number of halogens is 6. The van der Waals surface area contributed by atoms with E-state index in [0.717, 1.165) is 32.6 Å². The van der Waals surface area contributed by atoms with Crippen LogP contribution in [0.4, 0.5) is 26.3 Å². The van der Waals surface area contributed by atoms with Gasteiger partial charge in [-0.3, -0.25) is 19.2 Å². The smallest absolute Gasteiger partial charge is 0.425 e. The van der Waals surface area contributed by atoms with Crippen LogP contribution in [0.15, 0.2) is 24.3 Å². The van der Waals surface area contributed by atoms with Gasteiger partial charge >= 0.3 is 36.2 Å². The lowest BCUT2D eigenvalue weighted by molar-refractivity contribution is -0.236. The van der Waals surface area contributed by atoms with Gasteiger partial charge in [0.2, 0.25) is 0 Å². The topological polar surface area (TPSA) is 116 Å². The van der Waals surface area contributed by atoms with Crippen molar-refractivity contribution in [3.05, 3.63) is 35.4 Å². The predicted molar refractivity (Wildman–Crippen MR) is 312 cm³/mol. The number of esters is 3. The summed E-state index contributed by atoms with van der Waals surface area (Å²) in [7, 11) is -0.741. The zero-order valence-electron chi connectivity index (χ0n) is 54.1. The maximum atomic E-state index is 12.6. The molecule has 0 radical (unpaired) electrons. The first kappa shape index (κ1) is 82.7. The second-order valence-corrected chi connectivity index (χ2v) is 32.2. The summed E-state index contributed by atoms with van der Waals surface area (Å²) in [6, 6.07) is 10.6. The molecule has 0 heterocycles. The summed E-state index contributed by atoms with van der Waals surface area (Å²) < 4.78 is 88.4. The van der Waals surface area contributed by atoms with E-state index in [1.54, 1.807) is 34.6 Å². The van der Waals surface area contributed by atoms with E-state index in [-0.39, 0.29) is 23.2 Å². The Morgan fingerprint density at radius 2 is 0.987 bits per heavy atom. The van der Waals surface area contributed by atoms with E-state index < -0.39 is 66.3 Å². The fraction of sp³-hybridized carbons (Fsp3) is 0.839. The normalized spacial score (nSPS) is 14.4. The zero-order chi connectivity index (χ0) is 62.6. The van der Waals surface area contributed by atoms with E-state index in [4.69, 9.17) is 14.6 Å². The van der Waals surface area contributed by atoms with E-state index in [1.165, 1.54) is 77.0 Å². The highest BCUT2D eigenvalue weighted by molar-refractivity contribution is 6.76. The molecule has 458 valence electrons. The maximum Gasteiger partial charge on any atom is 0.425 e. The van der Waals surface area contributed by atoms with Crippen molar-refractivity contribution in [2.45, 2.75) is 298 Å². The minimum Gasteiger partial charge on any atom is -0.481 e. The summed E-state index contributed by atoms with van der Waals surface area (Å²) in [4.78, 5) is 44.7. The average molecular weight is 1130 g/mol. The lowest BCUT2D eigenvalue weighted by Crippen LogP contribution is -2.45. The molecule has 0 bridgehead atoms. The number of alkyl halides is 6. The van der Waals surface area contributed by atoms with Crippen molar-refractivity contribution in [3.8, 4) is 0 Å². The van der Waals surface area contributed by atoms with Gasteiger partial charge in [-0.1, -0.05) is 173 Å². The molecule has 0 aliphatic heterocycles. The Balaban J connectivity index is -0.000000273. The third-order valence-corrected chi connectivity index (χ3v) is 16.3. The number of carboxylic acid groups (broad SMARTS) is 1. The van der Waals surface area contributed by atoms with Crippen LogP contribution in [0.25, 0.3) is 0 Å². The summed E-state index contributed by atoms with van der Waals surface area (Å²) in [6.07, 6.45) is -2.23. The number of carbonyl (C=O) groups excluding carboxylic acids is 3. The third kappa shape index (κ3) is 36.7. The molecule has 1 N–H and O–H groups in total. The molecule has 0 aliphatic carbocycles. The standard InChI is InChI=1S/C15H24.C14H28O2.C10H17F3O2.C9H15F3O2.C8H20Si.C6H12O2/c1-7-15(5,6)13-10-8-12(9-11-13)14(2,3)4;1-6-9-10-12(7-2)11-16-13(15)14(4,5)8-3;1-6-9(5,10(11,12)13)7(14)15-8(2,3)4;1-5-8(3,4)7(13)14-6(2)9(10,11)12;1-6-8(2)7-9(3,4)5;1-4-6(2,3)5(7)8/h8-11H,7H2,1-6H3;12H,6-11H2,1-5H3;6H2,1-5H3;6H,5H2,1-4H3;8H,6-7H2,1-5H3;4H2,1-3H3,(H,7,8). The molecular weight excluding hydrogens is 1010 g/mol. The Hall–Kier alpha value is -3.10. The molecule has 15 heteroatoms. The molecule has 0 amide bonds. The van der Waals surface area contributed by atoms with E-state index in [2.05, 4.69) is 118 Å². The highest BCUT2D eigenvalue weighted by Crippen LogP contribution is 2.42. The van der Waals surface area contributed by atoms with Gasteiger partial charge in [0.15, 0.2) is 11.5 Å². The number of rotatable bonds is 20. The Labute approximate surface area is 468 Å². The highest BCUT2D eigenvalue weighted by atomic mass is 28.3. The molecule has 4 atom stereocenters. The second kappa shape index (κ2) is 35.6. The van der Waals surface area contributed by atoms with Gasteiger partial charge in [0, 0.05) is 8.07 Å². The van der Waals surface area contributed by atoms with Crippen molar-refractivity contribution in [1.29, 1.82) is 0 Å². The van der Waals surface area contributed by atoms with Crippen LogP contribution in [0, 0.1) is 33.5 Å². The Kier molecular flexibility index (Phi) is 38.2.